The summed E-state index contributed by atoms with van der Waals surface area (Å²) in [7, 11) is 0. The van der Waals surface area contributed by atoms with Crippen molar-refractivity contribution in [3.8, 4) is 0 Å². The summed E-state index contributed by atoms with van der Waals surface area (Å²) >= 11 is 0. The van der Waals surface area contributed by atoms with E-state index in [4.69, 9.17) is 18.9 Å². The molecule has 5 heteroatoms. The fourth-order valence-electron chi connectivity index (χ4n) is 2.34. The normalized spacial score (nSPS) is 27.3. The number of hydrogen-bond acceptors (Lipinski definition) is 5. The molecule has 21 heavy (non-hydrogen) atoms. The molecule has 1 aromatic rings. The van der Waals surface area contributed by atoms with Crippen molar-refractivity contribution in [2.24, 2.45) is 0 Å². The van der Waals surface area contributed by atoms with Crippen LogP contribution in [-0.4, -0.2) is 30.6 Å². The molecule has 1 saturated heterocycles. The predicted molar refractivity (Wildman–Crippen MR) is 74.1 cm³/mol. The van der Waals surface area contributed by atoms with Gasteiger partial charge in [0.05, 0.1) is 6.61 Å². The number of rotatable bonds is 4. The standard InChI is InChI=1S/C16H18O5/c1-16(2)19-10-14(21-16)12-8-13(15(17)20-12)18-9-11-6-4-3-5-7-11/h3-8,12,14H,9-10H2,1-2H3/t12?,14-/m0/s1. The first kappa shape index (κ1) is 14.1. The average molecular weight is 290 g/mol. The van der Waals surface area contributed by atoms with Gasteiger partial charge in [-0.1, -0.05) is 30.3 Å². The van der Waals surface area contributed by atoms with Gasteiger partial charge in [-0.2, -0.15) is 0 Å². The Morgan fingerprint density at radius 3 is 2.71 bits per heavy atom. The van der Waals surface area contributed by atoms with Crippen molar-refractivity contribution in [3.05, 3.63) is 47.7 Å². The van der Waals surface area contributed by atoms with E-state index in [-0.39, 0.29) is 11.9 Å². The van der Waals surface area contributed by atoms with Crippen LogP contribution in [0.5, 0.6) is 0 Å². The second-order valence-corrected chi connectivity index (χ2v) is 5.54. The maximum absolute atomic E-state index is 11.8. The summed E-state index contributed by atoms with van der Waals surface area (Å²) in [5.74, 6) is -0.861. The molecule has 1 fully saturated rings. The molecule has 1 aromatic carbocycles. The highest BCUT2D eigenvalue weighted by Gasteiger charge is 2.41. The van der Waals surface area contributed by atoms with Gasteiger partial charge in [-0.3, -0.25) is 0 Å². The lowest BCUT2D eigenvalue weighted by Crippen LogP contribution is -2.30. The smallest absolute Gasteiger partial charge is 0.374 e. The first-order valence-corrected chi connectivity index (χ1v) is 6.95. The third-order valence-electron chi connectivity index (χ3n) is 3.39. The quantitative estimate of drug-likeness (QED) is 0.795. The molecule has 3 rings (SSSR count). The Bertz CT molecular complexity index is 549. The summed E-state index contributed by atoms with van der Waals surface area (Å²) in [5.41, 5.74) is 0.997. The van der Waals surface area contributed by atoms with E-state index in [9.17, 15) is 4.79 Å². The summed E-state index contributed by atoms with van der Waals surface area (Å²) < 4.78 is 22.0. The first-order chi connectivity index (χ1) is 10.0. The van der Waals surface area contributed by atoms with Crippen LogP contribution in [0.25, 0.3) is 0 Å². The van der Waals surface area contributed by atoms with E-state index in [0.29, 0.717) is 13.2 Å². The third kappa shape index (κ3) is 3.25. The third-order valence-corrected chi connectivity index (χ3v) is 3.39. The van der Waals surface area contributed by atoms with E-state index < -0.39 is 17.9 Å². The number of benzene rings is 1. The molecule has 1 unspecified atom stereocenters. The predicted octanol–water partition coefficient (Wildman–Crippen LogP) is 2.16. The molecule has 2 aliphatic rings. The molecule has 0 saturated carbocycles. The summed E-state index contributed by atoms with van der Waals surface area (Å²) in [6, 6.07) is 9.66. The van der Waals surface area contributed by atoms with E-state index >= 15 is 0 Å². The Balaban J connectivity index is 1.61. The van der Waals surface area contributed by atoms with Gasteiger partial charge in [0.2, 0.25) is 5.76 Å². The van der Waals surface area contributed by atoms with Crippen LogP contribution >= 0.6 is 0 Å². The maximum atomic E-state index is 11.8. The molecule has 2 aliphatic heterocycles. The van der Waals surface area contributed by atoms with E-state index in [0.717, 1.165) is 5.56 Å². The molecule has 5 nitrogen and oxygen atoms in total. The van der Waals surface area contributed by atoms with Crippen molar-refractivity contribution in [2.75, 3.05) is 6.61 Å². The number of cyclic esters (lactones) is 1. The Kier molecular flexibility index (Phi) is 3.69. The van der Waals surface area contributed by atoms with Crippen LogP contribution in [0.1, 0.15) is 19.4 Å². The molecular formula is C16H18O5. The summed E-state index contributed by atoms with van der Waals surface area (Å²) in [6.45, 7) is 4.40. The van der Waals surface area contributed by atoms with Crippen LogP contribution in [-0.2, 0) is 30.3 Å². The van der Waals surface area contributed by atoms with Gasteiger partial charge in [-0.05, 0) is 19.4 Å². The van der Waals surface area contributed by atoms with Crippen LogP contribution in [0.15, 0.2) is 42.2 Å². The fourth-order valence-corrected chi connectivity index (χ4v) is 2.34. The Hall–Kier alpha value is -1.85. The number of hydrogen-bond donors (Lipinski definition) is 0. The van der Waals surface area contributed by atoms with Gasteiger partial charge in [-0.25, -0.2) is 4.79 Å². The van der Waals surface area contributed by atoms with Crippen LogP contribution in [0.3, 0.4) is 0 Å². The van der Waals surface area contributed by atoms with Gasteiger partial charge < -0.3 is 18.9 Å². The number of esters is 1. The van der Waals surface area contributed by atoms with Crippen molar-refractivity contribution in [1.82, 2.24) is 0 Å². The zero-order valence-electron chi connectivity index (χ0n) is 12.1. The summed E-state index contributed by atoms with van der Waals surface area (Å²) in [6.07, 6.45) is 0.924. The number of carbonyl (C=O) groups is 1. The molecule has 0 aliphatic carbocycles. The van der Waals surface area contributed by atoms with E-state index in [2.05, 4.69) is 0 Å². The molecule has 2 heterocycles. The molecule has 0 aromatic heterocycles. The minimum atomic E-state index is -0.640. The molecule has 0 N–H and O–H groups in total. The highest BCUT2D eigenvalue weighted by atomic mass is 16.8. The Morgan fingerprint density at radius 2 is 2.05 bits per heavy atom. The first-order valence-electron chi connectivity index (χ1n) is 6.95. The van der Waals surface area contributed by atoms with E-state index in [1.54, 1.807) is 6.08 Å². The molecule has 112 valence electrons. The molecule has 0 spiro atoms. The monoisotopic (exact) mass is 290 g/mol. The zero-order chi connectivity index (χ0) is 14.9. The Morgan fingerprint density at radius 1 is 1.29 bits per heavy atom. The Labute approximate surface area is 123 Å². The molecule has 0 radical (unpaired) electrons. The highest BCUT2D eigenvalue weighted by molar-refractivity contribution is 5.88. The van der Waals surface area contributed by atoms with Crippen molar-refractivity contribution >= 4 is 5.97 Å². The van der Waals surface area contributed by atoms with Gasteiger partial charge in [0, 0.05) is 6.08 Å². The van der Waals surface area contributed by atoms with Crippen molar-refractivity contribution in [3.63, 3.8) is 0 Å². The lowest BCUT2D eigenvalue weighted by molar-refractivity contribution is -0.161. The molecular weight excluding hydrogens is 272 g/mol. The largest absolute Gasteiger partial charge is 0.482 e. The van der Waals surface area contributed by atoms with Gasteiger partial charge in [0.15, 0.2) is 11.9 Å². The zero-order valence-corrected chi connectivity index (χ0v) is 12.1. The van der Waals surface area contributed by atoms with Crippen LogP contribution in [0, 0.1) is 0 Å². The van der Waals surface area contributed by atoms with Gasteiger partial charge >= 0.3 is 5.97 Å². The molecule has 0 bridgehead atoms. The van der Waals surface area contributed by atoms with E-state index in [1.165, 1.54) is 0 Å². The molecule has 0 amide bonds. The minimum Gasteiger partial charge on any atom is -0.482 e. The second kappa shape index (κ2) is 5.50. The summed E-state index contributed by atoms with van der Waals surface area (Å²) in [5, 5.41) is 0. The van der Waals surface area contributed by atoms with Crippen LogP contribution < -0.4 is 0 Å². The van der Waals surface area contributed by atoms with Crippen LogP contribution in [0.2, 0.25) is 0 Å². The summed E-state index contributed by atoms with van der Waals surface area (Å²) in [4.78, 5) is 11.8. The van der Waals surface area contributed by atoms with Crippen molar-refractivity contribution < 1.29 is 23.7 Å². The highest BCUT2D eigenvalue weighted by Crippen LogP contribution is 2.29. The second-order valence-electron chi connectivity index (χ2n) is 5.54. The lowest BCUT2D eigenvalue weighted by Gasteiger charge is -2.19. The van der Waals surface area contributed by atoms with Gasteiger partial charge in [0.25, 0.3) is 0 Å². The SMILES string of the molecule is CC1(C)OC[C@@H](C2C=C(OCc3ccccc3)C(=O)O2)O1. The average Bonchev–Trinajstić information content (AvgIpc) is 3.00. The number of ether oxygens (including phenoxy) is 4. The van der Waals surface area contributed by atoms with Crippen molar-refractivity contribution in [2.45, 2.75) is 38.4 Å². The van der Waals surface area contributed by atoms with Crippen LogP contribution in [0.4, 0.5) is 0 Å². The fraction of sp³-hybridized carbons (Fsp3) is 0.438. The topological polar surface area (TPSA) is 54.0 Å². The number of carbonyl (C=O) groups excluding carboxylic acids is 1. The van der Waals surface area contributed by atoms with E-state index in [1.807, 2.05) is 44.2 Å². The minimum absolute atomic E-state index is 0.233. The molecule has 2 atom stereocenters. The lowest BCUT2D eigenvalue weighted by atomic mass is 10.2. The van der Waals surface area contributed by atoms with Crippen molar-refractivity contribution in [1.29, 1.82) is 0 Å². The van der Waals surface area contributed by atoms with Gasteiger partial charge in [0.1, 0.15) is 12.7 Å². The maximum Gasteiger partial charge on any atom is 0.374 e. The van der Waals surface area contributed by atoms with Gasteiger partial charge in [-0.15, -0.1) is 0 Å².